The van der Waals surface area contributed by atoms with Crippen LogP contribution >= 0.6 is 12.2 Å². The molecular weight excluding hydrogens is 296 g/mol. The molecule has 0 saturated carbocycles. The largest absolute Gasteiger partial charge is 0.396 e. The summed E-state index contributed by atoms with van der Waals surface area (Å²) in [6, 6.07) is 10.1. The number of pyridine rings is 1. The maximum Gasteiger partial charge on any atom is 0.170 e. The molecule has 1 aliphatic heterocycles. The fraction of sp³-hybridized carbons (Fsp3) is 0.375. The molecule has 0 aliphatic carbocycles. The predicted octanol–water partition coefficient (Wildman–Crippen LogP) is 2.07. The van der Waals surface area contributed by atoms with E-state index in [-0.39, 0.29) is 18.7 Å². The van der Waals surface area contributed by atoms with Gasteiger partial charge in [0.05, 0.1) is 17.8 Å². The summed E-state index contributed by atoms with van der Waals surface area (Å²) in [5.74, 6) is 0. The Kier molecular flexibility index (Phi) is 4.40. The van der Waals surface area contributed by atoms with Gasteiger partial charge < -0.3 is 20.3 Å². The normalized spacial score (nSPS) is 21.2. The van der Waals surface area contributed by atoms with E-state index in [4.69, 9.17) is 17.3 Å². The van der Waals surface area contributed by atoms with Crippen molar-refractivity contribution in [3.05, 3.63) is 53.6 Å². The molecule has 3 heterocycles. The third-order valence-electron chi connectivity index (χ3n) is 3.93. The molecule has 1 fully saturated rings. The maximum atomic E-state index is 9.15. The van der Waals surface area contributed by atoms with E-state index < -0.39 is 0 Å². The van der Waals surface area contributed by atoms with Crippen LogP contribution < -0.4 is 5.32 Å². The predicted molar refractivity (Wildman–Crippen MR) is 89.4 cm³/mol. The van der Waals surface area contributed by atoms with Crippen LogP contribution in [-0.4, -0.2) is 38.2 Å². The second-order valence-electron chi connectivity index (χ2n) is 5.49. The fourth-order valence-electron chi connectivity index (χ4n) is 2.92. The fourth-order valence-corrected chi connectivity index (χ4v) is 3.26. The van der Waals surface area contributed by atoms with E-state index in [9.17, 15) is 0 Å². The van der Waals surface area contributed by atoms with Crippen LogP contribution in [-0.2, 0) is 0 Å². The van der Waals surface area contributed by atoms with Gasteiger partial charge in [0.15, 0.2) is 5.11 Å². The molecule has 0 amide bonds. The topological polar surface area (TPSA) is 64.2 Å². The third-order valence-corrected chi connectivity index (χ3v) is 4.28. The highest BCUT2D eigenvalue weighted by molar-refractivity contribution is 7.80. The van der Waals surface area contributed by atoms with Crippen molar-refractivity contribution in [3.8, 4) is 0 Å². The molecule has 0 spiro atoms. The van der Waals surface area contributed by atoms with Crippen molar-refractivity contribution in [3.63, 3.8) is 0 Å². The van der Waals surface area contributed by atoms with E-state index in [1.165, 1.54) is 0 Å². The van der Waals surface area contributed by atoms with Crippen molar-refractivity contribution in [2.75, 3.05) is 13.2 Å². The SMILES string of the molecule is Cc1ccc([C@H]2[C@H](c3ccccn3)NC(=S)N2CCCO)[nH]1. The van der Waals surface area contributed by atoms with Crippen LogP contribution in [0.2, 0.25) is 0 Å². The van der Waals surface area contributed by atoms with E-state index in [2.05, 4.69) is 32.3 Å². The molecule has 2 atom stereocenters. The second-order valence-corrected chi connectivity index (χ2v) is 5.88. The highest BCUT2D eigenvalue weighted by Gasteiger charge is 2.39. The van der Waals surface area contributed by atoms with Crippen molar-refractivity contribution in [2.24, 2.45) is 0 Å². The summed E-state index contributed by atoms with van der Waals surface area (Å²) >= 11 is 5.51. The molecule has 5 nitrogen and oxygen atoms in total. The van der Waals surface area contributed by atoms with Crippen molar-refractivity contribution in [2.45, 2.75) is 25.4 Å². The first-order valence-electron chi connectivity index (χ1n) is 7.45. The number of thiocarbonyl (C=S) groups is 1. The van der Waals surface area contributed by atoms with Crippen LogP contribution in [0.15, 0.2) is 36.5 Å². The van der Waals surface area contributed by atoms with E-state index >= 15 is 0 Å². The molecule has 0 bridgehead atoms. The number of hydrogen-bond acceptors (Lipinski definition) is 3. The van der Waals surface area contributed by atoms with Gasteiger partial charge in [-0.2, -0.15) is 0 Å². The van der Waals surface area contributed by atoms with Gasteiger partial charge >= 0.3 is 0 Å². The van der Waals surface area contributed by atoms with Gasteiger partial charge in [-0.05, 0) is 49.8 Å². The monoisotopic (exact) mass is 316 g/mol. The Labute approximate surface area is 135 Å². The minimum Gasteiger partial charge on any atom is -0.396 e. The number of aromatic amines is 1. The number of aryl methyl sites for hydroxylation is 1. The third kappa shape index (κ3) is 2.84. The van der Waals surface area contributed by atoms with Crippen LogP contribution in [0, 0.1) is 6.92 Å². The van der Waals surface area contributed by atoms with Gasteiger partial charge in [0.2, 0.25) is 0 Å². The Bertz CT molecular complexity index is 643. The number of aliphatic hydroxyl groups excluding tert-OH is 1. The second kappa shape index (κ2) is 6.46. The standard InChI is InChI=1S/C16H20N4OS/c1-11-6-7-13(18-11)15-14(12-5-2-3-8-17-12)19-16(22)20(15)9-4-10-21/h2-3,5-8,14-15,18,21H,4,9-10H2,1H3,(H,19,22)/t14-,15-/m0/s1. The van der Waals surface area contributed by atoms with Gasteiger partial charge in [0, 0.05) is 30.7 Å². The Morgan fingerprint density at radius 2 is 2.18 bits per heavy atom. The molecule has 2 aromatic rings. The van der Waals surface area contributed by atoms with Crippen LogP contribution in [0.25, 0.3) is 0 Å². The van der Waals surface area contributed by atoms with E-state index in [1.807, 2.05) is 25.1 Å². The first kappa shape index (κ1) is 15.0. The van der Waals surface area contributed by atoms with Crippen molar-refractivity contribution >= 4 is 17.3 Å². The summed E-state index contributed by atoms with van der Waals surface area (Å²) in [5.41, 5.74) is 3.20. The zero-order valence-corrected chi connectivity index (χ0v) is 13.3. The Morgan fingerprint density at radius 1 is 1.32 bits per heavy atom. The number of nitrogens with zero attached hydrogens (tertiary/aromatic N) is 2. The van der Waals surface area contributed by atoms with Crippen molar-refractivity contribution in [1.29, 1.82) is 0 Å². The number of rotatable bonds is 5. The lowest BCUT2D eigenvalue weighted by Gasteiger charge is -2.26. The summed E-state index contributed by atoms with van der Waals surface area (Å²) in [5, 5.41) is 13.2. The maximum absolute atomic E-state index is 9.15. The van der Waals surface area contributed by atoms with Crippen LogP contribution in [0.1, 0.15) is 35.6 Å². The molecule has 2 aromatic heterocycles. The number of aromatic nitrogens is 2. The van der Waals surface area contributed by atoms with Crippen molar-refractivity contribution in [1.82, 2.24) is 20.2 Å². The van der Waals surface area contributed by atoms with Gasteiger partial charge in [-0.15, -0.1) is 0 Å². The number of hydrogen-bond donors (Lipinski definition) is 3. The smallest absolute Gasteiger partial charge is 0.170 e. The molecular formula is C16H20N4OS. The minimum atomic E-state index is 0.00504. The molecule has 1 aliphatic rings. The quantitative estimate of drug-likeness (QED) is 0.737. The zero-order valence-electron chi connectivity index (χ0n) is 12.5. The molecule has 116 valence electrons. The lowest BCUT2D eigenvalue weighted by Crippen LogP contribution is -2.31. The van der Waals surface area contributed by atoms with E-state index in [0.29, 0.717) is 18.1 Å². The average molecular weight is 316 g/mol. The van der Waals surface area contributed by atoms with Gasteiger partial charge in [-0.25, -0.2) is 0 Å². The summed E-state index contributed by atoms with van der Waals surface area (Å²) in [6.07, 6.45) is 2.49. The minimum absolute atomic E-state index is 0.00504. The van der Waals surface area contributed by atoms with Crippen LogP contribution in [0.5, 0.6) is 0 Å². The molecule has 0 aromatic carbocycles. The van der Waals surface area contributed by atoms with Gasteiger partial charge in [0.25, 0.3) is 0 Å². The van der Waals surface area contributed by atoms with Crippen LogP contribution in [0.4, 0.5) is 0 Å². The molecule has 1 saturated heterocycles. The molecule has 3 N–H and O–H groups in total. The summed E-state index contributed by atoms with van der Waals surface area (Å²) in [7, 11) is 0. The van der Waals surface area contributed by atoms with E-state index in [1.54, 1.807) is 6.20 Å². The van der Waals surface area contributed by atoms with Gasteiger partial charge in [-0.3, -0.25) is 4.98 Å². The first-order chi connectivity index (χ1) is 10.7. The first-order valence-corrected chi connectivity index (χ1v) is 7.86. The van der Waals surface area contributed by atoms with Crippen molar-refractivity contribution < 1.29 is 5.11 Å². The Morgan fingerprint density at radius 3 is 2.82 bits per heavy atom. The average Bonchev–Trinajstić information content (AvgIpc) is 3.09. The summed E-state index contributed by atoms with van der Waals surface area (Å²) in [4.78, 5) is 10.0. The zero-order chi connectivity index (χ0) is 15.5. The van der Waals surface area contributed by atoms with Crippen LogP contribution in [0.3, 0.4) is 0 Å². The van der Waals surface area contributed by atoms with Gasteiger partial charge in [0.1, 0.15) is 0 Å². The summed E-state index contributed by atoms with van der Waals surface area (Å²) in [6.45, 7) is 2.91. The number of nitrogens with one attached hydrogen (secondary N) is 2. The molecule has 0 radical (unpaired) electrons. The number of H-pyrrole nitrogens is 1. The summed E-state index contributed by atoms with van der Waals surface area (Å²) < 4.78 is 0. The lowest BCUT2D eigenvalue weighted by atomic mass is 10.0. The number of aliphatic hydroxyl groups is 1. The molecule has 22 heavy (non-hydrogen) atoms. The lowest BCUT2D eigenvalue weighted by molar-refractivity contribution is 0.246. The van der Waals surface area contributed by atoms with Gasteiger partial charge in [-0.1, -0.05) is 6.07 Å². The highest BCUT2D eigenvalue weighted by Crippen LogP contribution is 2.37. The highest BCUT2D eigenvalue weighted by atomic mass is 32.1. The molecule has 0 unspecified atom stereocenters. The Hall–Kier alpha value is -1.92. The molecule has 3 rings (SSSR count). The Balaban J connectivity index is 1.96. The molecule has 6 heteroatoms. The van der Waals surface area contributed by atoms with E-state index in [0.717, 1.165) is 17.1 Å².